The van der Waals surface area contributed by atoms with E-state index in [0.29, 0.717) is 17.2 Å². The van der Waals surface area contributed by atoms with Crippen LogP contribution in [0.5, 0.6) is 0 Å². The monoisotopic (exact) mass is 301 g/mol. The zero-order chi connectivity index (χ0) is 14.9. The summed E-state index contributed by atoms with van der Waals surface area (Å²) in [4.78, 5) is 4.17. The number of aromatic nitrogens is 4. The summed E-state index contributed by atoms with van der Waals surface area (Å²) in [5.74, 6) is 0.311. The minimum absolute atomic E-state index is 0.311. The maximum absolute atomic E-state index is 11.7. The van der Waals surface area contributed by atoms with Gasteiger partial charge in [0, 0.05) is 6.20 Å². The van der Waals surface area contributed by atoms with E-state index in [2.05, 4.69) is 15.2 Å². The van der Waals surface area contributed by atoms with Gasteiger partial charge in [0.25, 0.3) is 15.2 Å². The van der Waals surface area contributed by atoms with Gasteiger partial charge in [-0.3, -0.25) is 9.55 Å². The highest BCUT2D eigenvalue weighted by molar-refractivity contribution is 7.89. The second-order valence-corrected chi connectivity index (χ2v) is 5.69. The average molecular weight is 301 g/mol. The Balaban J connectivity index is 2.31. The van der Waals surface area contributed by atoms with E-state index < -0.39 is 10.0 Å². The van der Waals surface area contributed by atoms with Crippen LogP contribution in [0.3, 0.4) is 0 Å². The molecule has 0 saturated heterocycles. The Morgan fingerprint density at radius 2 is 1.67 bits per heavy atom. The minimum atomic E-state index is -4.01. The Labute approximate surface area is 121 Å². The fourth-order valence-electron chi connectivity index (χ4n) is 1.92. The molecule has 2 N–H and O–H groups in total. The number of primary sulfonamides is 1. The third kappa shape index (κ3) is 2.54. The average Bonchev–Trinajstić information content (AvgIpc) is 2.94. The van der Waals surface area contributed by atoms with E-state index in [-0.39, 0.29) is 5.16 Å². The molecule has 0 saturated carbocycles. The molecule has 3 aromatic rings. The first kappa shape index (κ1) is 13.4. The first-order valence-electron chi connectivity index (χ1n) is 6.02. The fraction of sp³-hybridized carbons (Fsp3) is 0. The molecule has 2 heterocycles. The molecule has 0 atom stereocenters. The SMILES string of the molecule is NS(=O)(=O)c1nnc(-c2ccccn2)n1-c1ccccc1. The summed E-state index contributed by atoms with van der Waals surface area (Å²) in [6.07, 6.45) is 1.59. The summed E-state index contributed by atoms with van der Waals surface area (Å²) in [5.41, 5.74) is 1.09. The highest BCUT2D eigenvalue weighted by Crippen LogP contribution is 2.22. The van der Waals surface area contributed by atoms with Crippen molar-refractivity contribution in [2.75, 3.05) is 0 Å². The van der Waals surface area contributed by atoms with Crippen LogP contribution >= 0.6 is 0 Å². The topological polar surface area (TPSA) is 104 Å². The van der Waals surface area contributed by atoms with Crippen LogP contribution in [0.15, 0.2) is 59.9 Å². The zero-order valence-electron chi connectivity index (χ0n) is 10.8. The first-order chi connectivity index (χ1) is 10.1. The molecular weight excluding hydrogens is 290 g/mol. The van der Waals surface area contributed by atoms with Crippen LogP contribution in [0.25, 0.3) is 17.2 Å². The van der Waals surface area contributed by atoms with Crippen LogP contribution in [-0.2, 0) is 10.0 Å². The maximum Gasteiger partial charge on any atom is 0.274 e. The third-order valence-electron chi connectivity index (χ3n) is 2.80. The molecular formula is C13H11N5O2S. The number of nitrogens with zero attached hydrogens (tertiary/aromatic N) is 4. The molecule has 0 aliphatic heterocycles. The lowest BCUT2D eigenvalue weighted by molar-refractivity contribution is 0.585. The van der Waals surface area contributed by atoms with Gasteiger partial charge in [-0.1, -0.05) is 24.3 Å². The molecule has 106 valence electrons. The summed E-state index contributed by atoms with van der Waals surface area (Å²) in [5, 5.41) is 12.5. The largest absolute Gasteiger partial charge is 0.274 e. The van der Waals surface area contributed by atoms with E-state index in [1.54, 1.807) is 48.7 Å². The lowest BCUT2D eigenvalue weighted by Crippen LogP contribution is -2.18. The standard InChI is InChI=1S/C13H11N5O2S/c14-21(19,20)13-17-16-12(11-8-4-5-9-15-11)18(13)10-6-2-1-3-7-10/h1-9H,(H2,14,19,20). The van der Waals surface area contributed by atoms with E-state index in [0.717, 1.165) is 0 Å². The molecule has 0 aliphatic carbocycles. The molecule has 0 fully saturated rings. The molecule has 0 radical (unpaired) electrons. The number of sulfonamides is 1. The smallest absolute Gasteiger partial charge is 0.263 e. The molecule has 7 nitrogen and oxygen atoms in total. The van der Waals surface area contributed by atoms with Crippen LogP contribution in [-0.4, -0.2) is 28.2 Å². The quantitative estimate of drug-likeness (QED) is 0.776. The molecule has 0 spiro atoms. The van der Waals surface area contributed by atoms with Crippen LogP contribution in [0.1, 0.15) is 0 Å². The van der Waals surface area contributed by atoms with E-state index >= 15 is 0 Å². The minimum Gasteiger partial charge on any atom is -0.263 e. The van der Waals surface area contributed by atoms with Gasteiger partial charge in [-0.2, -0.15) is 0 Å². The van der Waals surface area contributed by atoms with Crippen LogP contribution in [0, 0.1) is 0 Å². The van der Waals surface area contributed by atoms with E-state index in [9.17, 15) is 8.42 Å². The van der Waals surface area contributed by atoms with Gasteiger partial charge < -0.3 is 0 Å². The molecule has 8 heteroatoms. The molecule has 0 unspecified atom stereocenters. The van der Waals surface area contributed by atoms with Gasteiger partial charge in [0.2, 0.25) is 0 Å². The van der Waals surface area contributed by atoms with E-state index in [1.807, 2.05) is 6.07 Å². The van der Waals surface area contributed by atoms with Crippen molar-refractivity contribution in [3.63, 3.8) is 0 Å². The van der Waals surface area contributed by atoms with Crippen molar-refractivity contribution in [3.05, 3.63) is 54.7 Å². The second kappa shape index (κ2) is 5.08. The highest BCUT2D eigenvalue weighted by Gasteiger charge is 2.23. The molecule has 2 aromatic heterocycles. The number of nitrogens with two attached hydrogens (primary N) is 1. The van der Waals surface area contributed by atoms with Crippen molar-refractivity contribution in [1.82, 2.24) is 19.7 Å². The first-order valence-corrected chi connectivity index (χ1v) is 7.57. The van der Waals surface area contributed by atoms with Crippen molar-refractivity contribution in [3.8, 4) is 17.2 Å². The zero-order valence-corrected chi connectivity index (χ0v) is 11.6. The number of para-hydroxylation sites is 1. The Morgan fingerprint density at radius 1 is 0.952 bits per heavy atom. The summed E-state index contributed by atoms with van der Waals surface area (Å²) in [6, 6.07) is 14.1. The maximum atomic E-state index is 11.7. The molecule has 0 aliphatic rings. The normalized spacial score (nSPS) is 11.5. The van der Waals surface area contributed by atoms with Gasteiger partial charge in [-0.05, 0) is 24.3 Å². The molecule has 21 heavy (non-hydrogen) atoms. The van der Waals surface area contributed by atoms with Crippen molar-refractivity contribution in [2.45, 2.75) is 5.16 Å². The van der Waals surface area contributed by atoms with E-state index in [1.165, 1.54) is 4.57 Å². The molecule has 0 amide bonds. The Bertz CT molecular complexity index is 860. The van der Waals surface area contributed by atoms with Gasteiger partial charge >= 0.3 is 0 Å². The molecule has 1 aromatic carbocycles. The predicted molar refractivity (Wildman–Crippen MR) is 76.0 cm³/mol. The number of pyridine rings is 1. The van der Waals surface area contributed by atoms with Crippen molar-refractivity contribution >= 4 is 10.0 Å². The Hall–Kier alpha value is -2.58. The fourth-order valence-corrected chi connectivity index (χ4v) is 2.53. The molecule has 0 bridgehead atoms. The summed E-state index contributed by atoms with van der Waals surface area (Å²) >= 11 is 0. The highest BCUT2D eigenvalue weighted by atomic mass is 32.2. The van der Waals surface area contributed by atoms with Gasteiger partial charge in [-0.15, -0.1) is 10.2 Å². The lowest BCUT2D eigenvalue weighted by Gasteiger charge is -2.08. The van der Waals surface area contributed by atoms with Crippen LogP contribution < -0.4 is 5.14 Å². The number of benzene rings is 1. The Kier molecular flexibility index (Phi) is 3.24. The summed E-state index contributed by atoms with van der Waals surface area (Å²) in [6.45, 7) is 0. The van der Waals surface area contributed by atoms with Crippen molar-refractivity contribution in [1.29, 1.82) is 0 Å². The Morgan fingerprint density at radius 3 is 2.29 bits per heavy atom. The van der Waals surface area contributed by atoms with Crippen molar-refractivity contribution < 1.29 is 8.42 Å². The number of rotatable bonds is 3. The van der Waals surface area contributed by atoms with Crippen LogP contribution in [0.2, 0.25) is 0 Å². The predicted octanol–water partition coefficient (Wildman–Crippen LogP) is 0.977. The summed E-state index contributed by atoms with van der Waals surface area (Å²) < 4.78 is 24.8. The second-order valence-electron chi connectivity index (χ2n) is 4.24. The number of hydrogen-bond acceptors (Lipinski definition) is 5. The van der Waals surface area contributed by atoms with Gasteiger partial charge in [0.05, 0.1) is 5.69 Å². The summed E-state index contributed by atoms with van der Waals surface area (Å²) in [7, 11) is -4.01. The molecule has 3 rings (SSSR count). The van der Waals surface area contributed by atoms with E-state index in [4.69, 9.17) is 5.14 Å². The van der Waals surface area contributed by atoms with Gasteiger partial charge in [-0.25, -0.2) is 13.6 Å². The van der Waals surface area contributed by atoms with Crippen molar-refractivity contribution in [2.24, 2.45) is 5.14 Å². The number of hydrogen-bond donors (Lipinski definition) is 1. The van der Waals surface area contributed by atoms with Gasteiger partial charge in [0.15, 0.2) is 5.82 Å². The third-order valence-corrected chi connectivity index (χ3v) is 3.57. The van der Waals surface area contributed by atoms with Crippen LogP contribution in [0.4, 0.5) is 0 Å². The lowest BCUT2D eigenvalue weighted by atomic mass is 10.3. The van der Waals surface area contributed by atoms with Gasteiger partial charge in [0.1, 0.15) is 5.69 Å².